The molecule has 3 heteroatoms. The Kier molecular flexibility index (Phi) is 3.15. The van der Waals surface area contributed by atoms with Crippen molar-refractivity contribution in [2.45, 2.75) is 38.4 Å². The minimum Gasteiger partial charge on any atom is -0.383 e. The summed E-state index contributed by atoms with van der Waals surface area (Å²) in [7, 11) is 0. The van der Waals surface area contributed by atoms with Gasteiger partial charge in [-0.15, -0.1) is 0 Å². The maximum atomic E-state index is 5.98. The van der Waals surface area contributed by atoms with E-state index in [9.17, 15) is 0 Å². The molecule has 1 aliphatic rings. The Morgan fingerprint density at radius 1 is 1.22 bits per heavy atom. The van der Waals surface area contributed by atoms with Gasteiger partial charge in [0.2, 0.25) is 0 Å². The lowest BCUT2D eigenvalue weighted by atomic mass is 10.1. The van der Waals surface area contributed by atoms with Crippen LogP contribution in [0.1, 0.15) is 31.2 Å². The molecule has 3 rings (SSSR count). The van der Waals surface area contributed by atoms with Crippen LogP contribution in [0.2, 0.25) is 0 Å². The standard InChI is InChI=1S/C15H18N2O/c16-15-12(10-18-13-6-2-3-7-13)9-11-5-1-4-8-14(11)17-15/h1,4-5,8-9,13H,2-3,6-7,10H2,(H2,16,17). The Hall–Kier alpha value is -1.61. The first-order valence-corrected chi connectivity index (χ1v) is 6.59. The maximum absolute atomic E-state index is 5.98. The zero-order valence-electron chi connectivity index (χ0n) is 10.4. The average molecular weight is 242 g/mol. The van der Waals surface area contributed by atoms with Crippen molar-refractivity contribution in [1.82, 2.24) is 4.98 Å². The highest BCUT2D eigenvalue weighted by Gasteiger charge is 2.16. The molecule has 0 atom stereocenters. The minimum absolute atomic E-state index is 0.413. The number of nitrogens with zero attached hydrogens (tertiary/aromatic N) is 1. The summed E-state index contributed by atoms with van der Waals surface area (Å²) >= 11 is 0. The van der Waals surface area contributed by atoms with Gasteiger partial charge in [-0.1, -0.05) is 31.0 Å². The molecule has 1 fully saturated rings. The van der Waals surface area contributed by atoms with Crippen LogP contribution in [0, 0.1) is 0 Å². The minimum atomic E-state index is 0.413. The second-order valence-electron chi connectivity index (χ2n) is 4.94. The molecule has 0 bridgehead atoms. The third kappa shape index (κ3) is 2.31. The Morgan fingerprint density at radius 3 is 2.83 bits per heavy atom. The third-order valence-electron chi connectivity index (χ3n) is 3.61. The Morgan fingerprint density at radius 2 is 2.00 bits per heavy atom. The summed E-state index contributed by atoms with van der Waals surface area (Å²) in [5, 5.41) is 1.12. The molecule has 18 heavy (non-hydrogen) atoms. The third-order valence-corrected chi connectivity index (χ3v) is 3.61. The van der Waals surface area contributed by atoms with Gasteiger partial charge in [-0.25, -0.2) is 4.98 Å². The summed E-state index contributed by atoms with van der Waals surface area (Å²) in [5.74, 6) is 0.590. The van der Waals surface area contributed by atoms with Gasteiger partial charge in [0.1, 0.15) is 5.82 Å². The second kappa shape index (κ2) is 4.94. The highest BCUT2D eigenvalue weighted by atomic mass is 16.5. The fourth-order valence-electron chi connectivity index (χ4n) is 2.55. The molecule has 1 aromatic heterocycles. The fraction of sp³-hybridized carbons (Fsp3) is 0.400. The zero-order chi connectivity index (χ0) is 12.4. The van der Waals surface area contributed by atoms with Gasteiger partial charge in [0.05, 0.1) is 18.2 Å². The molecule has 1 saturated carbocycles. The summed E-state index contributed by atoms with van der Waals surface area (Å²) in [6.07, 6.45) is 5.35. The van der Waals surface area contributed by atoms with Crippen LogP contribution >= 0.6 is 0 Å². The molecule has 0 unspecified atom stereocenters. The topological polar surface area (TPSA) is 48.1 Å². The largest absolute Gasteiger partial charge is 0.383 e. The number of ether oxygens (including phenoxy) is 1. The highest BCUT2D eigenvalue weighted by Crippen LogP contribution is 2.24. The number of para-hydroxylation sites is 1. The molecule has 0 radical (unpaired) electrons. The lowest BCUT2D eigenvalue weighted by molar-refractivity contribution is 0.0460. The van der Waals surface area contributed by atoms with Crippen molar-refractivity contribution in [1.29, 1.82) is 0 Å². The molecule has 3 nitrogen and oxygen atoms in total. The lowest BCUT2D eigenvalue weighted by Crippen LogP contribution is -2.09. The van der Waals surface area contributed by atoms with Gasteiger partial charge in [0.15, 0.2) is 0 Å². The normalized spacial score (nSPS) is 16.4. The Bertz CT molecular complexity index is 547. The van der Waals surface area contributed by atoms with Crippen LogP contribution in [0.15, 0.2) is 30.3 Å². The van der Waals surface area contributed by atoms with Crippen LogP contribution in [-0.4, -0.2) is 11.1 Å². The van der Waals surface area contributed by atoms with E-state index in [4.69, 9.17) is 10.5 Å². The molecular weight excluding hydrogens is 224 g/mol. The van der Waals surface area contributed by atoms with Gasteiger partial charge in [-0.05, 0) is 25.0 Å². The van der Waals surface area contributed by atoms with E-state index in [0.717, 1.165) is 16.5 Å². The summed E-state index contributed by atoms with van der Waals surface area (Å²) in [6, 6.07) is 10.1. The van der Waals surface area contributed by atoms with Gasteiger partial charge in [-0.3, -0.25) is 0 Å². The van der Waals surface area contributed by atoms with Crippen molar-refractivity contribution in [3.63, 3.8) is 0 Å². The highest BCUT2D eigenvalue weighted by molar-refractivity contribution is 5.81. The van der Waals surface area contributed by atoms with Crippen molar-refractivity contribution >= 4 is 16.7 Å². The molecule has 0 amide bonds. The summed E-state index contributed by atoms with van der Waals surface area (Å²) in [5.41, 5.74) is 7.92. The molecule has 0 aliphatic heterocycles. The second-order valence-corrected chi connectivity index (χ2v) is 4.94. The first-order valence-electron chi connectivity index (χ1n) is 6.59. The van der Waals surface area contributed by atoms with E-state index >= 15 is 0 Å². The number of rotatable bonds is 3. The number of fused-ring (bicyclic) bond motifs is 1. The van der Waals surface area contributed by atoms with E-state index in [2.05, 4.69) is 17.1 Å². The molecule has 94 valence electrons. The van der Waals surface area contributed by atoms with Crippen molar-refractivity contribution in [3.05, 3.63) is 35.9 Å². The monoisotopic (exact) mass is 242 g/mol. The van der Waals surface area contributed by atoms with Crippen LogP contribution < -0.4 is 5.73 Å². The van der Waals surface area contributed by atoms with Gasteiger partial charge in [0, 0.05) is 10.9 Å². The van der Waals surface area contributed by atoms with Gasteiger partial charge in [-0.2, -0.15) is 0 Å². The molecule has 0 saturated heterocycles. The van der Waals surface area contributed by atoms with Crippen molar-refractivity contribution in [3.8, 4) is 0 Å². The number of benzene rings is 1. The first kappa shape index (κ1) is 11.5. The van der Waals surface area contributed by atoms with Crippen LogP contribution in [0.4, 0.5) is 5.82 Å². The van der Waals surface area contributed by atoms with Crippen LogP contribution in [-0.2, 0) is 11.3 Å². The number of nitrogen functional groups attached to an aromatic ring is 1. The van der Waals surface area contributed by atoms with E-state index < -0.39 is 0 Å². The van der Waals surface area contributed by atoms with E-state index in [1.165, 1.54) is 25.7 Å². The van der Waals surface area contributed by atoms with Crippen molar-refractivity contribution in [2.24, 2.45) is 0 Å². The number of hydrogen-bond acceptors (Lipinski definition) is 3. The van der Waals surface area contributed by atoms with E-state index in [1.54, 1.807) is 0 Å². The van der Waals surface area contributed by atoms with Crippen LogP contribution in [0.3, 0.4) is 0 Å². The number of nitrogens with two attached hydrogens (primary N) is 1. The summed E-state index contributed by atoms with van der Waals surface area (Å²) in [4.78, 5) is 4.42. The predicted molar refractivity (Wildman–Crippen MR) is 73.2 cm³/mol. The van der Waals surface area contributed by atoms with Crippen LogP contribution in [0.5, 0.6) is 0 Å². The van der Waals surface area contributed by atoms with Crippen LogP contribution in [0.25, 0.3) is 10.9 Å². The molecular formula is C15H18N2O. The Balaban J connectivity index is 1.80. The first-order chi connectivity index (χ1) is 8.83. The zero-order valence-corrected chi connectivity index (χ0v) is 10.4. The lowest BCUT2D eigenvalue weighted by Gasteiger charge is -2.12. The molecule has 2 N–H and O–H groups in total. The molecule has 1 aromatic carbocycles. The Labute approximate surface area is 107 Å². The van der Waals surface area contributed by atoms with E-state index in [0.29, 0.717) is 18.5 Å². The van der Waals surface area contributed by atoms with Crippen molar-refractivity contribution < 1.29 is 4.74 Å². The van der Waals surface area contributed by atoms with E-state index in [1.807, 2.05) is 18.2 Å². The predicted octanol–water partition coefficient (Wildman–Crippen LogP) is 3.28. The molecule has 0 spiro atoms. The summed E-state index contributed by atoms with van der Waals surface area (Å²) in [6.45, 7) is 0.578. The smallest absolute Gasteiger partial charge is 0.129 e. The molecule has 2 aromatic rings. The molecule has 1 heterocycles. The van der Waals surface area contributed by atoms with Gasteiger partial charge in [0.25, 0.3) is 0 Å². The quantitative estimate of drug-likeness (QED) is 0.898. The van der Waals surface area contributed by atoms with Gasteiger partial charge >= 0.3 is 0 Å². The van der Waals surface area contributed by atoms with E-state index in [-0.39, 0.29) is 0 Å². The van der Waals surface area contributed by atoms with Crippen molar-refractivity contribution in [2.75, 3.05) is 5.73 Å². The maximum Gasteiger partial charge on any atom is 0.129 e. The van der Waals surface area contributed by atoms with Gasteiger partial charge < -0.3 is 10.5 Å². The molecule has 1 aliphatic carbocycles. The number of anilines is 1. The SMILES string of the molecule is Nc1nc2ccccc2cc1COC1CCCC1. The number of aromatic nitrogens is 1. The average Bonchev–Trinajstić information content (AvgIpc) is 2.89. The fourth-order valence-corrected chi connectivity index (χ4v) is 2.55. The summed E-state index contributed by atoms with van der Waals surface area (Å²) < 4.78 is 5.90. The number of hydrogen-bond donors (Lipinski definition) is 1. The number of pyridine rings is 1.